The zero-order chi connectivity index (χ0) is 27.5. The van der Waals surface area contributed by atoms with Gasteiger partial charge in [0.15, 0.2) is 5.78 Å². The summed E-state index contributed by atoms with van der Waals surface area (Å²) in [5, 5.41) is 5.24. The number of morpholine rings is 1. The SMILES string of the molecule is CC(C)C[C@H](NC(=O)N1CCOCC1)C(=O)NCC(=O)CNS(=O)(=O)c1ccccc1Oc1ccccc1. The molecule has 1 atom stereocenters. The molecule has 0 radical (unpaired) electrons. The highest BCUT2D eigenvalue weighted by Crippen LogP contribution is 2.28. The Morgan fingerprint density at radius 1 is 0.974 bits per heavy atom. The third-order valence-corrected chi connectivity index (χ3v) is 7.09. The second-order valence-electron chi connectivity index (χ2n) is 9.17. The van der Waals surface area contributed by atoms with Gasteiger partial charge < -0.3 is 25.0 Å². The molecule has 2 aromatic rings. The van der Waals surface area contributed by atoms with E-state index in [1.165, 1.54) is 12.1 Å². The summed E-state index contributed by atoms with van der Waals surface area (Å²) < 4.78 is 39.0. The molecular formula is C26H34N4O7S. The van der Waals surface area contributed by atoms with Gasteiger partial charge in [-0.15, -0.1) is 0 Å². The fraction of sp³-hybridized carbons (Fsp3) is 0.423. The second kappa shape index (κ2) is 13.9. The van der Waals surface area contributed by atoms with Gasteiger partial charge in [-0.3, -0.25) is 9.59 Å². The van der Waals surface area contributed by atoms with Crippen molar-refractivity contribution in [3.8, 4) is 11.5 Å². The van der Waals surface area contributed by atoms with Crippen LogP contribution in [0.15, 0.2) is 59.5 Å². The van der Waals surface area contributed by atoms with Crippen LogP contribution in [0.2, 0.25) is 0 Å². The van der Waals surface area contributed by atoms with E-state index in [1.807, 2.05) is 19.9 Å². The maximum atomic E-state index is 12.9. The predicted octanol–water partition coefficient (Wildman–Crippen LogP) is 1.90. The number of hydrogen-bond acceptors (Lipinski definition) is 7. The number of hydrogen-bond donors (Lipinski definition) is 3. The van der Waals surface area contributed by atoms with E-state index in [0.717, 1.165) is 0 Å². The molecule has 3 rings (SSSR count). The smallest absolute Gasteiger partial charge is 0.318 e. The Kier molecular flexibility index (Phi) is 10.6. The van der Waals surface area contributed by atoms with Gasteiger partial charge in [0, 0.05) is 13.1 Å². The normalized spacial score (nSPS) is 14.6. The Morgan fingerprint density at radius 3 is 2.32 bits per heavy atom. The summed E-state index contributed by atoms with van der Waals surface area (Å²) in [6.45, 7) is 4.63. The monoisotopic (exact) mass is 546 g/mol. The van der Waals surface area contributed by atoms with Gasteiger partial charge >= 0.3 is 6.03 Å². The lowest BCUT2D eigenvalue weighted by Crippen LogP contribution is -2.54. The van der Waals surface area contributed by atoms with E-state index in [9.17, 15) is 22.8 Å². The lowest BCUT2D eigenvalue weighted by Gasteiger charge is -2.29. The van der Waals surface area contributed by atoms with E-state index in [1.54, 1.807) is 41.3 Å². The molecule has 11 nitrogen and oxygen atoms in total. The number of Topliss-reactive ketones (excluding diaryl/α,β-unsaturated/α-hetero) is 1. The molecule has 0 saturated carbocycles. The molecule has 0 aliphatic carbocycles. The number of carbonyl (C=O) groups excluding carboxylic acids is 3. The van der Waals surface area contributed by atoms with Crippen molar-refractivity contribution in [2.45, 2.75) is 31.2 Å². The molecule has 1 saturated heterocycles. The third kappa shape index (κ3) is 8.82. The summed E-state index contributed by atoms with van der Waals surface area (Å²) in [4.78, 5) is 39.2. The standard InChI is InChI=1S/C26H34N4O7S/c1-19(2)16-22(29-26(33)30-12-14-36-15-13-30)25(32)27-17-20(31)18-28-38(34,35)24-11-7-6-10-23(24)37-21-8-4-3-5-9-21/h3-11,19,22,28H,12-18H2,1-2H3,(H,27,32)(H,29,33)/t22-/m0/s1. The topological polar surface area (TPSA) is 143 Å². The minimum Gasteiger partial charge on any atom is -0.456 e. The minimum absolute atomic E-state index is 0.108. The summed E-state index contributed by atoms with van der Waals surface area (Å²) in [7, 11) is -4.09. The van der Waals surface area contributed by atoms with Crippen LogP contribution in [0.4, 0.5) is 4.79 Å². The Hall–Kier alpha value is -3.48. The van der Waals surface area contributed by atoms with Crippen molar-refractivity contribution in [3.63, 3.8) is 0 Å². The Morgan fingerprint density at radius 2 is 1.63 bits per heavy atom. The van der Waals surface area contributed by atoms with Crippen molar-refractivity contribution in [1.82, 2.24) is 20.3 Å². The van der Waals surface area contributed by atoms with Gasteiger partial charge in [0.1, 0.15) is 22.4 Å². The second-order valence-corrected chi connectivity index (χ2v) is 10.9. The molecule has 0 spiro atoms. The number of benzene rings is 2. The van der Waals surface area contributed by atoms with E-state index in [-0.39, 0.29) is 22.6 Å². The summed E-state index contributed by atoms with van der Waals surface area (Å²) in [6.07, 6.45) is 0.376. The van der Waals surface area contributed by atoms with Gasteiger partial charge in [-0.1, -0.05) is 44.2 Å². The molecule has 1 aliphatic heterocycles. The molecule has 1 fully saturated rings. The van der Waals surface area contributed by atoms with Crippen LogP contribution >= 0.6 is 0 Å². The van der Waals surface area contributed by atoms with Crippen molar-refractivity contribution in [1.29, 1.82) is 0 Å². The number of sulfonamides is 1. The first kappa shape index (κ1) is 29.1. The van der Waals surface area contributed by atoms with Crippen molar-refractivity contribution in [3.05, 3.63) is 54.6 Å². The first-order valence-electron chi connectivity index (χ1n) is 12.4. The van der Waals surface area contributed by atoms with E-state index in [0.29, 0.717) is 38.5 Å². The average molecular weight is 547 g/mol. The van der Waals surface area contributed by atoms with Gasteiger partial charge in [-0.05, 0) is 36.6 Å². The number of urea groups is 1. The number of ketones is 1. The number of ether oxygens (including phenoxy) is 2. The van der Waals surface area contributed by atoms with Gasteiger partial charge in [0.05, 0.1) is 26.3 Å². The summed E-state index contributed by atoms with van der Waals surface area (Å²) in [5.74, 6) is -0.383. The largest absolute Gasteiger partial charge is 0.456 e. The fourth-order valence-electron chi connectivity index (χ4n) is 3.71. The number of nitrogens with one attached hydrogen (secondary N) is 3. The highest BCUT2D eigenvalue weighted by molar-refractivity contribution is 7.89. The van der Waals surface area contributed by atoms with Crippen LogP contribution < -0.4 is 20.1 Å². The van der Waals surface area contributed by atoms with Gasteiger partial charge in [-0.25, -0.2) is 17.9 Å². The summed E-state index contributed by atoms with van der Waals surface area (Å²) in [6, 6.07) is 13.6. The number of rotatable bonds is 12. The molecule has 0 aromatic heterocycles. The molecule has 3 amide bonds. The van der Waals surface area contributed by atoms with Crippen molar-refractivity contribution in [2.75, 3.05) is 39.4 Å². The number of carbonyl (C=O) groups is 3. The van der Waals surface area contributed by atoms with Crippen LogP contribution in [0.5, 0.6) is 11.5 Å². The quantitative estimate of drug-likeness (QED) is 0.369. The summed E-state index contributed by atoms with van der Waals surface area (Å²) in [5.41, 5.74) is 0. The van der Waals surface area contributed by atoms with E-state index in [4.69, 9.17) is 9.47 Å². The average Bonchev–Trinajstić information content (AvgIpc) is 2.91. The van der Waals surface area contributed by atoms with Gasteiger partial charge in [-0.2, -0.15) is 0 Å². The molecule has 38 heavy (non-hydrogen) atoms. The molecule has 1 aliphatic rings. The summed E-state index contributed by atoms with van der Waals surface area (Å²) >= 11 is 0. The van der Waals surface area contributed by atoms with Crippen LogP contribution in [0.3, 0.4) is 0 Å². The first-order valence-corrected chi connectivity index (χ1v) is 13.9. The Labute approximate surface area is 222 Å². The number of nitrogens with zero attached hydrogens (tertiary/aromatic N) is 1. The molecular weight excluding hydrogens is 512 g/mol. The van der Waals surface area contributed by atoms with Crippen molar-refractivity contribution >= 4 is 27.7 Å². The Bertz CT molecular complexity index is 1200. The maximum absolute atomic E-state index is 12.9. The van der Waals surface area contributed by atoms with Gasteiger partial charge in [0.25, 0.3) is 0 Å². The predicted molar refractivity (Wildman–Crippen MR) is 140 cm³/mol. The maximum Gasteiger partial charge on any atom is 0.318 e. The van der Waals surface area contributed by atoms with E-state index in [2.05, 4.69) is 15.4 Å². The van der Waals surface area contributed by atoms with E-state index < -0.39 is 40.8 Å². The molecule has 2 aromatic carbocycles. The highest BCUT2D eigenvalue weighted by atomic mass is 32.2. The van der Waals surface area contributed by atoms with Crippen LogP contribution in [-0.4, -0.2) is 76.5 Å². The van der Waals surface area contributed by atoms with Crippen LogP contribution in [0, 0.1) is 5.92 Å². The number of para-hydroxylation sites is 2. The lowest BCUT2D eigenvalue weighted by molar-refractivity contribution is -0.126. The van der Waals surface area contributed by atoms with E-state index >= 15 is 0 Å². The van der Waals surface area contributed by atoms with Gasteiger partial charge in [0.2, 0.25) is 15.9 Å². The highest BCUT2D eigenvalue weighted by Gasteiger charge is 2.26. The Balaban J connectivity index is 1.54. The zero-order valence-corrected chi connectivity index (χ0v) is 22.3. The van der Waals surface area contributed by atoms with Crippen molar-refractivity contribution < 1.29 is 32.3 Å². The fourth-order valence-corrected chi connectivity index (χ4v) is 4.85. The first-order chi connectivity index (χ1) is 18.2. The van der Waals surface area contributed by atoms with Crippen LogP contribution in [0.1, 0.15) is 20.3 Å². The molecule has 1 heterocycles. The van der Waals surface area contributed by atoms with Crippen molar-refractivity contribution in [2.24, 2.45) is 5.92 Å². The molecule has 0 unspecified atom stereocenters. The third-order valence-electron chi connectivity index (χ3n) is 5.65. The van der Waals surface area contributed by atoms with Crippen LogP contribution in [0.25, 0.3) is 0 Å². The molecule has 12 heteroatoms. The minimum atomic E-state index is -4.09. The van der Waals surface area contributed by atoms with Crippen LogP contribution in [-0.2, 0) is 24.3 Å². The lowest BCUT2D eigenvalue weighted by atomic mass is 10.0. The zero-order valence-electron chi connectivity index (χ0n) is 21.5. The number of amides is 3. The molecule has 0 bridgehead atoms. The molecule has 3 N–H and O–H groups in total. The molecule has 206 valence electrons.